The third-order valence-electron chi connectivity index (χ3n) is 4.94. The molecule has 1 fully saturated rings. The zero-order chi connectivity index (χ0) is 20.5. The first-order chi connectivity index (χ1) is 13.9. The maximum atomic E-state index is 13.0. The fourth-order valence-corrected chi connectivity index (χ4v) is 5.33. The number of hydrogen-bond donors (Lipinski definition) is 1. The van der Waals surface area contributed by atoms with Gasteiger partial charge in [0.2, 0.25) is 0 Å². The number of hydrogen-bond acceptors (Lipinski definition) is 3. The topological polar surface area (TPSA) is 35.6 Å². The Balaban J connectivity index is 1.40. The first kappa shape index (κ1) is 20.4. The van der Waals surface area contributed by atoms with Gasteiger partial charge in [0, 0.05) is 47.0 Å². The zero-order valence-electron chi connectivity index (χ0n) is 15.7. The number of carbonyl (C=O) groups excluding carboxylic acids is 1. The summed E-state index contributed by atoms with van der Waals surface area (Å²) in [5.74, 6) is -0.0376. The van der Waals surface area contributed by atoms with E-state index in [2.05, 4.69) is 17.1 Å². The lowest BCUT2D eigenvalue weighted by atomic mass is 10.2. The lowest BCUT2D eigenvalue weighted by Gasteiger charge is -2.36. The van der Waals surface area contributed by atoms with Gasteiger partial charge in [-0.05, 0) is 43.4 Å². The molecule has 0 unspecified atom stereocenters. The van der Waals surface area contributed by atoms with Crippen LogP contribution in [0.25, 0.3) is 10.1 Å². The molecule has 4 nitrogen and oxygen atoms in total. The van der Waals surface area contributed by atoms with Crippen LogP contribution in [0.2, 0.25) is 10.0 Å². The molecule has 0 spiro atoms. The van der Waals surface area contributed by atoms with E-state index in [0.29, 0.717) is 46.2 Å². The summed E-state index contributed by atoms with van der Waals surface area (Å²) in [5.41, 5.74) is 2.17. The van der Waals surface area contributed by atoms with Crippen LogP contribution in [0.3, 0.4) is 0 Å². The molecular formula is C21H19Cl2N3OS2. The molecule has 8 heteroatoms. The van der Waals surface area contributed by atoms with Gasteiger partial charge in [-0.3, -0.25) is 4.79 Å². The molecule has 1 aliphatic rings. The van der Waals surface area contributed by atoms with E-state index in [4.69, 9.17) is 35.4 Å². The SMILES string of the molecule is Cc1ccc(NC(=S)N2CCN(C(=O)c3sc4cc(Cl)ccc4c3Cl)CC2)cc1. The summed E-state index contributed by atoms with van der Waals surface area (Å²) in [5, 5.41) is 5.95. The Morgan fingerprint density at radius 1 is 1.03 bits per heavy atom. The van der Waals surface area contributed by atoms with Gasteiger partial charge in [-0.15, -0.1) is 11.3 Å². The van der Waals surface area contributed by atoms with Gasteiger partial charge in [-0.25, -0.2) is 0 Å². The van der Waals surface area contributed by atoms with Crippen LogP contribution >= 0.6 is 46.8 Å². The number of carbonyl (C=O) groups is 1. The third-order valence-corrected chi connectivity index (χ3v) is 7.18. The number of piperazine rings is 1. The van der Waals surface area contributed by atoms with Crippen molar-refractivity contribution in [3.8, 4) is 0 Å². The number of nitrogens with one attached hydrogen (secondary N) is 1. The van der Waals surface area contributed by atoms with Crippen LogP contribution in [0.5, 0.6) is 0 Å². The fraction of sp³-hybridized carbons (Fsp3) is 0.238. The molecule has 29 heavy (non-hydrogen) atoms. The van der Waals surface area contributed by atoms with Gasteiger partial charge in [0.05, 0.1) is 5.02 Å². The minimum Gasteiger partial charge on any atom is -0.345 e. The van der Waals surface area contributed by atoms with Gasteiger partial charge >= 0.3 is 0 Å². The molecule has 1 amide bonds. The van der Waals surface area contributed by atoms with Crippen molar-refractivity contribution in [2.24, 2.45) is 0 Å². The number of thiocarbonyl (C=S) groups is 1. The molecule has 2 heterocycles. The van der Waals surface area contributed by atoms with E-state index >= 15 is 0 Å². The van der Waals surface area contributed by atoms with Crippen molar-refractivity contribution in [2.75, 3.05) is 31.5 Å². The summed E-state index contributed by atoms with van der Waals surface area (Å²) in [7, 11) is 0. The maximum absolute atomic E-state index is 13.0. The smallest absolute Gasteiger partial charge is 0.265 e. The second-order valence-corrected chi connectivity index (χ2v) is 9.21. The number of amides is 1. The number of nitrogens with zero attached hydrogens (tertiary/aromatic N) is 2. The second kappa shape index (κ2) is 8.48. The van der Waals surface area contributed by atoms with E-state index in [1.165, 1.54) is 16.9 Å². The van der Waals surface area contributed by atoms with E-state index < -0.39 is 0 Å². The van der Waals surface area contributed by atoms with Gasteiger partial charge < -0.3 is 15.1 Å². The molecule has 1 aliphatic heterocycles. The number of fused-ring (bicyclic) bond motifs is 1. The van der Waals surface area contributed by atoms with Crippen molar-refractivity contribution >= 4 is 73.5 Å². The molecule has 2 aromatic carbocycles. The molecule has 1 aromatic heterocycles. The van der Waals surface area contributed by atoms with E-state index in [0.717, 1.165) is 15.8 Å². The van der Waals surface area contributed by atoms with Gasteiger partial charge in [-0.2, -0.15) is 0 Å². The fourth-order valence-electron chi connectivity index (χ4n) is 3.27. The normalized spacial score (nSPS) is 14.3. The predicted octanol–water partition coefficient (Wildman–Crippen LogP) is 5.67. The third kappa shape index (κ3) is 4.36. The predicted molar refractivity (Wildman–Crippen MR) is 127 cm³/mol. The van der Waals surface area contributed by atoms with Crippen LogP contribution in [-0.4, -0.2) is 47.0 Å². The van der Waals surface area contributed by atoms with Crippen molar-refractivity contribution in [1.29, 1.82) is 0 Å². The Kier molecular flexibility index (Phi) is 5.97. The molecular weight excluding hydrogens is 445 g/mol. The summed E-state index contributed by atoms with van der Waals surface area (Å²) >= 11 is 19.5. The Morgan fingerprint density at radius 2 is 1.69 bits per heavy atom. The van der Waals surface area contributed by atoms with Crippen molar-refractivity contribution in [3.63, 3.8) is 0 Å². The molecule has 0 saturated carbocycles. The van der Waals surface area contributed by atoms with Crippen molar-refractivity contribution < 1.29 is 4.79 Å². The largest absolute Gasteiger partial charge is 0.345 e. The van der Waals surface area contributed by atoms with Crippen LogP contribution in [0.4, 0.5) is 5.69 Å². The van der Waals surface area contributed by atoms with Crippen LogP contribution in [0, 0.1) is 6.92 Å². The lowest BCUT2D eigenvalue weighted by Crippen LogP contribution is -2.51. The highest BCUT2D eigenvalue weighted by molar-refractivity contribution is 7.80. The summed E-state index contributed by atoms with van der Waals surface area (Å²) in [6.07, 6.45) is 0. The Morgan fingerprint density at radius 3 is 2.38 bits per heavy atom. The molecule has 1 N–H and O–H groups in total. The number of anilines is 1. The molecule has 0 aliphatic carbocycles. The van der Waals surface area contributed by atoms with E-state index in [-0.39, 0.29) is 5.91 Å². The monoisotopic (exact) mass is 463 g/mol. The van der Waals surface area contributed by atoms with E-state index in [1.807, 2.05) is 41.3 Å². The van der Waals surface area contributed by atoms with Crippen molar-refractivity contribution in [3.05, 3.63) is 63.0 Å². The summed E-state index contributed by atoms with van der Waals surface area (Å²) in [4.78, 5) is 17.5. The molecule has 150 valence electrons. The minimum absolute atomic E-state index is 0.0376. The highest BCUT2D eigenvalue weighted by Crippen LogP contribution is 2.37. The number of thiophene rings is 1. The Bertz CT molecular complexity index is 1070. The first-order valence-corrected chi connectivity index (χ1v) is 11.2. The Hall–Kier alpha value is -1.86. The molecule has 3 aromatic rings. The number of halogens is 2. The van der Waals surface area contributed by atoms with Crippen LogP contribution < -0.4 is 5.32 Å². The van der Waals surface area contributed by atoms with Crippen LogP contribution in [-0.2, 0) is 0 Å². The summed E-state index contributed by atoms with van der Waals surface area (Å²) in [6.45, 7) is 4.60. The Labute approximate surface area is 189 Å². The van der Waals surface area contributed by atoms with Gasteiger partial charge in [0.25, 0.3) is 5.91 Å². The highest BCUT2D eigenvalue weighted by atomic mass is 35.5. The average Bonchev–Trinajstić information content (AvgIpc) is 3.05. The van der Waals surface area contributed by atoms with Crippen LogP contribution in [0.1, 0.15) is 15.2 Å². The standard InChI is InChI=1S/C21H19Cl2N3OS2/c1-13-2-5-15(6-3-13)24-21(28)26-10-8-25(9-11-26)20(27)19-18(23)16-7-4-14(22)12-17(16)29-19/h2-7,12H,8-11H2,1H3,(H,24,28). The number of aryl methyl sites for hydroxylation is 1. The summed E-state index contributed by atoms with van der Waals surface area (Å²) < 4.78 is 0.924. The first-order valence-electron chi connectivity index (χ1n) is 9.22. The highest BCUT2D eigenvalue weighted by Gasteiger charge is 2.27. The van der Waals surface area contributed by atoms with E-state index in [9.17, 15) is 4.79 Å². The lowest BCUT2D eigenvalue weighted by molar-refractivity contribution is 0.0698. The number of benzene rings is 2. The number of rotatable bonds is 2. The molecule has 0 bridgehead atoms. The quantitative estimate of drug-likeness (QED) is 0.496. The average molecular weight is 464 g/mol. The maximum Gasteiger partial charge on any atom is 0.265 e. The van der Waals surface area contributed by atoms with Gasteiger partial charge in [-0.1, -0.05) is 47.0 Å². The molecule has 0 atom stereocenters. The second-order valence-electron chi connectivity index (χ2n) is 6.96. The molecule has 1 saturated heterocycles. The molecule has 0 radical (unpaired) electrons. The summed E-state index contributed by atoms with van der Waals surface area (Å²) in [6, 6.07) is 13.6. The van der Waals surface area contributed by atoms with Gasteiger partial charge in [0.1, 0.15) is 4.88 Å². The van der Waals surface area contributed by atoms with Crippen LogP contribution in [0.15, 0.2) is 42.5 Å². The zero-order valence-corrected chi connectivity index (χ0v) is 18.9. The van der Waals surface area contributed by atoms with Crippen molar-refractivity contribution in [2.45, 2.75) is 6.92 Å². The van der Waals surface area contributed by atoms with Gasteiger partial charge in [0.15, 0.2) is 5.11 Å². The van der Waals surface area contributed by atoms with Crippen molar-refractivity contribution in [1.82, 2.24) is 9.80 Å². The van der Waals surface area contributed by atoms with E-state index in [1.54, 1.807) is 6.07 Å². The molecule has 4 rings (SSSR count). The minimum atomic E-state index is -0.0376.